The van der Waals surface area contributed by atoms with E-state index in [9.17, 15) is 13.2 Å². The van der Waals surface area contributed by atoms with Gasteiger partial charge in [0.1, 0.15) is 17.3 Å². The van der Waals surface area contributed by atoms with Crippen LogP contribution in [-0.2, 0) is 6.18 Å². The molecule has 0 saturated carbocycles. The summed E-state index contributed by atoms with van der Waals surface area (Å²) < 4.78 is 44.1. The van der Waals surface area contributed by atoms with Gasteiger partial charge < -0.3 is 10.5 Å². The third kappa shape index (κ3) is 3.63. The fraction of sp³-hybridized carbons (Fsp3) is 0.0769. The second-order valence-electron chi connectivity index (χ2n) is 4.06. The van der Waals surface area contributed by atoms with Crippen LogP contribution in [0, 0.1) is 5.41 Å². The van der Waals surface area contributed by atoms with Gasteiger partial charge in [-0.1, -0.05) is 11.6 Å². The first-order valence-corrected chi connectivity index (χ1v) is 5.99. The van der Waals surface area contributed by atoms with Gasteiger partial charge in [-0.2, -0.15) is 13.2 Å². The highest BCUT2D eigenvalue weighted by atomic mass is 35.5. The van der Waals surface area contributed by atoms with Gasteiger partial charge in [0.2, 0.25) is 0 Å². The van der Waals surface area contributed by atoms with Crippen LogP contribution in [0.25, 0.3) is 0 Å². The van der Waals surface area contributed by atoms with Crippen molar-refractivity contribution >= 4 is 17.4 Å². The van der Waals surface area contributed by atoms with E-state index < -0.39 is 23.1 Å². The highest BCUT2D eigenvalue weighted by molar-refractivity contribution is 6.30. The van der Waals surface area contributed by atoms with Gasteiger partial charge in [-0.05, 0) is 18.2 Å². The molecule has 0 amide bonds. The van der Waals surface area contributed by atoms with Crippen molar-refractivity contribution in [3.63, 3.8) is 0 Å². The van der Waals surface area contributed by atoms with Gasteiger partial charge in [0.05, 0.1) is 16.8 Å². The monoisotopic (exact) mass is 315 g/mol. The topological polar surface area (TPSA) is 72.0 Å². The van der Waals surface area contributed by atoms with Crippen molar-refractivity contribution in [3.8, 4) is 11.5 Å². The molecule has 1 heterocycles. The largest absolute Gasteiger partial charge is 0.456 e. The first kappa shape index (κ1) is 15.1. The molecule has 0 bridgehead atoms. The molecular formula is C13H9ClF3N3O. The van der Waals surface area contributed by atoms with E-state index in [4.69, 9.17) is 27.5 Å². The van der Waals surface area contributed by atoms with Gasteiger partial charge in [0.25, 0.3) is 0 Å². The number of nitrogens with zero attached hydrogens (tertiary/aromatic N) is 1. The molecule has 110 valence electrons. The van der Waals surface area contributed by atoms with Gasteiger partial charge in [0.15, 0.2) is 0 Å². The van der Waals surface area contributed by atoms with Crippen molar-refractivity contribution in [1.82, 2.24) is 4.98 Å². The zero-order valence-corrected chi connectivity index (χ0v) is 11.2. The molecule has 1 aromatic heterocycles. The number of nitrogens with two attached hydrogens (primary N) is 1. The van der Waals surface area contributed by atoms with Crippen LogP contribution in [0.3, 0.4) is 0 Å². The number of nitrogen functional groups attached to an aromatic ring is 1. The van der Waals surface area contributed by atoms with Crippen LogP contribution in [0.5, 0.6) is 11.5 Å². The maximum atomic E-state index is 13.0. The molecule has 3 N–H and O–H groups in total. The van der Waals surface area contributed by atoms with Crippen LogP contribution in [-0.4, -0.2) is 10.8 Å². The van der Waals surface area contributed by atoms with E-state index in [1.807, 2.05) is 0 Å². The van der Waals surface area contributed by atoms with Gasteiger partial charge in [-0.25, -0.2) is 0 Å². The standard InChI is InChI=1S/C13H9ClF3N3O/c14-7-3-9(6-20-5-7)21-8-1-2-10(12(18)19)11(4-8)13(15,16)17/h1-6H,(H3,18,19). The summed E-state index contributed by atoms with van der Waals surface area (Å²) in [5.74, 6) is -0.527. The van der Waals surface area contributed by atoms with Crippen molar-refractivity contribution < 1.29 is 17.9 Å². The van der Waals surface area contributed by atoms with E-state index in [1.54, 1.807) is 0 Å². The highest BCUT2D eigenvalue weighted by Crippen LogP contribution is 2.35. The molecule has 0 saturated heterocycles. The normalized spacial score (nSPS) is 11.2. The molecular weight excluding hydrogens is 307 g/mol. The number of nitrogens with one attached hydrogen (secondary N) is 1. The summed E-state index contributed by atoms with van der Waals surface area (Å²) in [5.41, 5.74) is 3.71. The lowest BCUT2D eigenvalue weighted by molar-refractivity contribution is -0.137. The van der Waals surface area contributed by atoms with Crippen molar-refractivity contribution in [2.45, 2.75) is 6.18 Å². The van der Waals surface area contributed by atoms with Gasteiger partial charge >= 0.3 is 6.18 Å². The number of amidine groups is 1. The highest BCUT2D eigenvalue weighted by Gasteiger charge is 2.34. The molecule has 4 nitrogen and oxygen atoms in total. The van der Waals surface area contributed by atoms with Crippen LogP contribution in [0.1, 0.15) is 11.1 Å². The zero-order chi connectivity index (χ0) is 15.6. The summed E-state index contributed by atoms with van der Waals surface area (Å²) in [6, 6.07) is 4.56. The third-order valence-corrected chi connectivity index (χ3v) is 2.71. The minimum absolute atomic E-state index is 0.0589. The van der Waals surface area contributed by atoms with Crippen molar-refractivity contribution in [2.24, 2.45) is 5.73 Å². The molecule has 8 heteroatoms. The molecule has 0 aliphatic carbocycles. The Balaban J connectivity index is 2.40. The van der Waals surface area contributed by atoms with E-state index in [0.29, 0.717) is 5.02 Å². The van der Waals surface area contributed by atoms with Crippen LogP contribution in [0.4, 0.5) is 13.2 Å². The molecule has 0 aliphatic rings. The Hall–Kier alpha value is -2.28. The van der Waals surface area contributed by atoms with E-state index in [2.05, 4.69) is 4.98 Å². The number of benzene rings is 1. The molecule has 2 aromatic rings. The lowest BCUT2D eigenvalue weighted by atomic mass is 10.1. The lowest BCUT2D eigenvalue weighted by Gasteiger charge is -2.14. The fourth-order valence-electron chi connectivity index (χ4n) is 1.64. The second-order valence-corrected chi connectivity index (χ2v) is 4.50. The Morgan fingerprint density at radius 3 is 2.48 bits per heavy atom. The van der Waals surface area contributed by atoms with Crippen LogP contribution < -0.4 is 10.5 Å². The average molecular weight is 316 g/mol. The van der Waals surface area contributed by atoms with Crippen LogP contribution in [0.2, 0.25) is 5.02 Å². The number of aromatic nitrogens is 1. The summed E-state index contributed by atoms with van der Waals surface area (Å²) in [7, 11) is 0. The van der Waals surface area contributed by atoms with Crippen LogP contribution >= 0.6 is 11.6 Å². The predicted octanol–water partition coefficient (Wildman–Crippen LogP) is 3.83. The van der Waals surface area contributed by atoms with E-state index >= 15 is 0 Å². The average Bonchev–Trinajstić information content (AvgIpc) is 2.37. The number of hydrogen-bond donors (Lipinski definition) is 2. The van der Waals surface area contributed by atoms with Crippen molar-refractivity contribution in [2.75, 3.05) is 0 Å². The molecule has 0 aliphatic heterocycles. The zero-order valence-electron chi connectivity index (χ0n) is 10.4. The van der Waals surface area contributed by atoms with Gasteiger partial charge in [0, 0.05) is 17.8 Å². The summed E-state index contributed by atoms with van der Waals surface area (Å²) >= 11 is 5.71. The number of rotatable bonds is 3. The Bertz CT molecular complexity index is 689. The summed E-state index contributed by atoms with van der Waals surface area (Å²) in [6.45, 7) is 0. The maximum absolute atomic E-state index is 13.0. The Morgan fingerprint density at radius 1 is 1.19 bits per heavy atom. The quantitative estimate of drug-likeness (QED) is 0.668. The summed E-state index contributed by atoms with van der Waals surface area (Å²) in [4.78, 5) is 3.76. The molecule has 2 rings (SSSR count). The summed E-state index contributed by atoms with van der Waals surface area (Å²) in [5, 5.41) is 7.48. The van der Waals surface area contributed by atoms with E-state index in [-0.39, 0.29) is 11.5 Å². The molecule has 0 atom stereocenters. The molecule has 0 spiro atoms. The first-order chi connectivity index (χ1) is 9.77. The molecule has 21 heavy (non-hydrogen) atoms. The second kappa shape index (κ2) is 5.61. The number of halogens is 4. The van der Waals surface area contributed by atoms with Gasteiger partial charge in [-0.3, -0.25) is 10.4 Å². The van der Waals surface area contributed by atoms with Crippen molar-refractivity contribution in [1.29, 1.82) is 5.41 Å². The van der Waals surface area contributed by atoms with Gasteiger partial charge in [-0.15, -0.1) is 0 Å². The fourth-order valence-corrected chi connectivity index (χ4v) is 1.80. The first-order valence-electron chi connectivity index (χ1n) is 5.61. The summed E-state index contributed by atoms with van der Waals surface area (Å²) in [6.07, 6.45) is -1.96. The van der Waals surface area contributed by atoms with E-state index in [0.717, 1.165) is 12.1 Å². The predicted molar refractivity (Wildman–Crippen MR) is 71.8 cm³/mol. The smallest absolute Gasteiger partial charge is 0.417 e. The number of pyridine rings is 1. The Labute approximate surface area is 122 Å². The number of hydrogen-bond acceptors (Lipinski definition) is 3. The molecule has 0 fully saturated rings. The number of ether oxygens (including phenoxy) is 1. The maximum Gasteiger partial charge on any atom is 0.417 e. The third-order valence-electron chi connectivity index (χ3n) is 2.50. The molecule has 0 unspecified atom stereocenters. The minimum atomic E-state index is -4.65. The molecule has 0 radical (unpaired) electrons. The SMILES string of the molecule is N=C(N)c1ccc(Oc2cncc(Cl)c2)cc1C(F)(F)F. The Kier molecular flexibility index (Phi) is 4.04. The number of alkyl halides is 3. The lowest BCUT2D eigenvalue weighted by Crippen LogP contribution is -2.18. The van der Waals surface area contributed by atoms with E-state index in [1.165, 1.54) is 24.5 Å². The van der Waals surface area contributed by atoms with Crippen LogP contribution in [0.15, 0.2) is 36.7 Å². The minimum Gasteiger partial charge on any atom is -0.456 e. The van der Waals surface area contributed by atoms with Crippen molar-refractivity contribution in [3.05, 3.63) is 52.8 Å². The molecule has 1 aromatic carbocycles. The Morgan fingerprint density at radius 2 is 1.90 bits per heavy atom.